The molecule has 3 aliphatic heterocycles. The van der Waals surface area contributed by atoms with Crippen LogP contribution < -0.4 is 15.5 Å². The highest BCUT2D eigenvalue weighted by Crippen LogP contribution is 2.36. The Kier molecular flexibility index (Phi) is 5.88. The molecule has 3 fully saturated rings. The van der Waals surface area contributed by atoms with Gasteiger partial charge in [-0.15, -0.1) is 0 Å². The summed E-state index contributed by atoms with van der Waals surface area (Å²) < 4.78 is 17.2. The van der Waals surface area contributed by atoms with Gasteiger partial charge in [-0.05, 0) is 75.6 Å². The van der Waals surface area contributed by atoms with E-state index in [9.17, 15) is 9.59 Å². The second kappa shape index (κ2) is 8.81. The lowest BCUT2D eigenvalue weighted by Crippen LogP contribution is -2.39. The van der Waals surface area contributed by atoms with Gasteiger partial charge in [-0.2, -0.15) is 5.10 Å². The molecule has 0 saturated carbocycles. The first-order valence-electron chi connectivity index (χ1n) is 12.0. The number of rotatable bonds is 4. The van der Waals surface area contributed by atoms with Crippen LogP contribution in [-0.4, -0.2) is 47.8 Å². The van der Waals surface area contributed by atoms with Crippen LogP contribution >= 0.6 is 0 Å². The maximum absolute atomic E-state index is 15.7. The molecule has 172 valence electrons. The topological polar surface area (TPSA) is 79.3 Å². The van der Waals surface area contributed by atoms with Gasteiger partial charge >= 0.3 is 0 Å². The van der Waals surface area contributed by atoms with Crippen molar-refractivity contribution in [3.05, 3.63) is 23.6 Å². The van der Waals surface area contributed by atoms with E-state index in [1.165, 1.54) is 23.9 Å². The Bertz CT molecular complexity index is 1020. The molecular weight excluding hydrogens is 409 g/mol. The molecule has 0 radical (unpaired) electrons. The lowest BCUT2D eigenvalue weighted by Gasteiger charge is -2.36. The van der Waals surface area contributed by atoms with Crippen LogP contribution in [-0.2, 0) is 16.6 Å². The summed E-state index contributed by atoms with van der Waals surface area (Å²) in [6, 6.07) is 3.72. The number of aromatic nitrogens is 2. The second-order valence-electron chi connectivity index (χ2n) is 9.67. The number of nitrogens with one attached hydrogen (secondary N) is 2. The van der Waals surface area contributed by atoms with Crippen molar-refractivity contribution < 1.29 is 14.0 Å². The molecule has 0 aliphatic carbocycles. The van der Waals surface area contributed by atoms with Gasteiger partial charge in [-0.1, -0.05) is 0 Å². The van der Waals surface area contributed by atoms with E-state index in [2.05, 4.69) is 20.6 Å². The Balaban J connectivity index is 1.32. The molecule has 5 rings (SSSR count). The fourth-order valence-corrected chi connectivity index (χ4v) is 5.80. The number of hydrogen-bond donors (Lipinski definition) is 2. The van der Waals surface area contributed by atoms with Gasteiger partial charge in [-0.25, -0.2) is 4.39 Å². The number of nitrogens with zero attached hydrogens (tertiary/aromatic N) is 3. The molecule has 2 aromatic rings. The number of carbonyl (C=O) groups excluding carboxylic acids is 2. The zero-order valence-corrected chi connectivity index (χ0v) is 18.7. The first kappa shape index (κ1) is 21.4. The van der Waals surface area contributed by atoms with Crippen molar-refractivity contribution in [3.63, 3.8) is 0 Å². The largest absolute Gasteiger partial charge is 0.369 e. The lowest BCUT2D eigenvalue weighted by molar-refractivity contribution is -0.134. The molecule has 7 nitrogen and oxygen atoms in total. The lowest BCUT2D eigenvalue weighted by atomic mass is 9.83. The van der Waals surface area contributed by atoms with Crippen LogP contribution in [0, 0.1) is 17.7 Å². The molecule has 1 aromatic heterocycles. The summed E-state index contributed by atoms with van der Waals surface area (Å²) >= 11 is 0. The number of imide groups is 1. The fourth-order valence-electron chi connectivity index (χ4n) is 5.80. The third-order valence-corrected chi connectivity index (χ3v) is 7.60. The van der Waals surface area contributed by atoms with Gasteiger partial charge in [0.15, 0.2) is 5.82 Å². The maximum atomic E-state index is 15.7. The van der Waals surface area contributed by atoms with Crippen LogP contribution in [0.3, 0.4) is 0 Å². The van der Waals surface area contributed by atoms with Crippen LogP contribution in [0.25, 0.3) is 10.9 Å². The van der Waals surface area contributed by atoms with Gasteiger partial charge < -0.3 is 10.2 Å². The van der Waals surface area contributed by atoms with Crippen molar-refractivity contribution in [1.29, 1.82) is 0 Å². The van der Waals surface area contributed by atoms with Crippen LogP contribution in [0.2, 0.25) is 0 Å². The Morgan fingerprint density at radius 3 is 2.50 bits per heavy atom. The molecule has 1 unspecified atom stereocenters. The molecule has 2 amide bonds. The molecule has 3 aliphatic rings. The van der Waals surface area contributed by atoms with E-state index in [-0.39, 0.29) is 24.1 Å². The third-order valence-electron chi connectivity index (χ3n) is 7.60. The number of amides is 2. The van der Waals surface area contributed by atoms with Gasteiger partial charge in [0.05, 0.1) is 17.3 Å². The molecule has 1 aromatic carbocycles. The van der Waals surface area contributed by atoms with Crippen molar-refractivity contribution in [3.8, 4) is 0 Å². The van der Waals surface area contributed by atoms with Crippen LogP contribution in [0.4, 0.5) is 10.1 Å². The fraction of sp³-hybridized carbons (Fsp3) is 0.625. The van der Waals surface area contributed by atoms with Gasteiger partial charge in [0, 0.05) is 31.9 Å². The Morgan fingerprint density at radius 1 is 1.06 bits per heavy atom. The maximum Gasteiger partial charge on any atom is 0.235 e. The predicted molar refractivity (Wildman–Crippen MR) is 121 cm³/mol. The number of anilines is 1. The van der Waals surface area contributed by atoms with Crippen molar-refractivity contribution in [2.75, 3.05) is 31.1 Å². The van der Waals surface area contributed by atoms with Crippen LogP contribution in [0.1, 0.15) is 56.6 Å². The minimum absolute atomic E-state index is 0.261. The summed E-state index contributed by atoms with van der Waals surface area (Å²) in [5.41, 5.74) is 1.60. The van der Waals surface area contributed by atoms with Gasteiger partial charge in [0.2, 0.25) is 11.8 Å². The standard InChI is InChI=1S/C24H32FN5O2/c1-29-23-17(22(28-29)18-3-5-20(31)27-24(18)32)2-4-19(21(23)25)30-12-8-16(9-13-30)14-15-6-10-26-11-7-15/h2,4,15-16,18,26H,3,5-14H2,1H3,(H,27,31,32). The molecule has 2 N–H and O–H groups in total. The summed E-state index contributed by atoms with van der Waals surface area (Å²) in [6.45, 7) is 4.02. The average Bonchev–Trinajstić information content (AvgIpc) is 3.12. The number of benzene rings is 1. The quantitative estimate of drug-likeness (QED) is 0.714. The number of aryl methyl sites for hydroxylation is 1. The van der Waals surface area contributed by atoms with E-state index in [0.717, 1.165) is 50.9 Å². The monoisotopic (exact) mass is 441 g/mol. The van der Waals surface area contributed by atoms with E-state index >= 15 is 4.39 Å². The van der Waals surface area contributed by atoms with Gasteiger partial charge in [0.25, 0.3) is 0 Å². The summed E-state index contributed by atoms with van der Waals surface area (Å²) in [5, 5.41) is 11.0. The molecular formula is C24H32FN5O2. The van der Waals surface area contributed by atoms with Crippen molar-refractivity contribution in [2.45, 2.75) is 50.9 Å². The van der Waals surface area contributed by atoms with Gasteiger partial charge in [0.1, 0.15) is 5.52 Å². The summed E-state index contributed by atoms with van der Waals surface area (Å²) in [6.07, 6.45) is 6.76. The molecule has 0 bridgehead atoms. The summed E-state index contributed by atoms with van der Waals surface area (Å²) in [4.78, 5) is 26.0. The van der Waals surface area contributed by atoms with Crippen molar-refractivity contribution in [1.82, 2.24) is 20.4 Å². The average molecular weight is 442 g/mol. The highest BCUT2D eigenvalue weighted by Gasteiger charge is 2.33. The zero-order chi connectivity index (χ0) is 22.2. The number of carbonyl (C=O) groups is 2. The van der Waals surface area contributed by atoms with E-state index < -0.39 is 5.92 Å². The highest BCUT2D eigenvalue weighted by atomic mass is 19.1. The first-order valence-corrected chi connectivity index (χ1v) is 12.0. The second-order valence-corrected chi connectivity index (χ2v) is 9.67. The van der Waals surface area contributed by atoms with Crippen molar-refractivity contribution >= 4 is 28.4 Å². The Hall–Kier alpha value is -2.48. The predicted octanol–water partition coefficient (Wildman–Crippen LogP) is 2.84. The molecule has 0 spiro atoms. The van der Waals surface area contributed by atoms with E-state index in [0.29, 0.717) is 28.7 Å². The molecule has 3 saturated heterocycles. The molecule has 32 heavy (non-hydrogen) atoms. The minimum atomic E-state index is -0.521. The Morgan fingerprint density at radius 2 is 1.78 bits per heavy atom. The smallest absolute Gasteiger partial charge is 0.235 e. The Labute approximate surface area is 187 Å². The van der Waals surface area contributed by atoms with E-state index in [1.54, 1.807) is 7.05 Å². The number of halogens is 1. The first-order chi connectivity index (χ1) is 15.5. The van der Waals surface area contributed by atoms with Gasteiger partial charge in [-0.3, -0.25) is 19.6 Å². The van der Waals surface area contributed by atoms with Crippen molar-refractivity contribution in [2.24, 2.45) is 18.9 Å². The number of fused-ring (bicyclic) bond motifs is 1. The minimum Gasteiger partial charge on any atom is -0.369 e. The molecule has 8 heteroatoms. The molecule has 4 heterocycles. The normalized spacial score (nSPS) is 23.7. The highest BCUT2D eigenvalue weighted by molar-refractivity contribution is 6.02. The van der Waals surface area contributed by atoms with E-state index in [4.69, 9.17) is 0 Å². The van der Waals surface area contributed by atoms with Crippen LogP contribution in [0.5, 0.6) is 0 Å². The van der Waals surface area contributed by atoms with Crippen LogP contribution in [0.15, 0.2) is 12.1 Å². The zero-order valence-electron chi connectivity index (χ0n) is 18.7. The summed E-state index contributed by atoms with van der Waals surface area (Å²) in [5.74, 6) is 0.170. The summed E-state index contributed by atoms with van der Waals surface area (Å²) in [7, 11) is 1.72. The van der Waals surface area contributed by atoms with E-state index in [1.807, 2.05) is 12.1 Å². The SMILES string of the molecule is Cn1nc(C2CCC(=O)NC2=O)c2ccc(N3CCC(CC4CCNCC4)CC3)c(F)c21. The third kappa shape index (κ3) is 4.00. The number of piperidine rings is 3. The molecule has 1 atom stereocenters. The number of hydrogen-bond acceptors (Lipinski definition) is 5.